The fraction of sp³-hybridized carbons (Fsp3) is 0.320. The van der Waals surface area contributed by atoms with Gasteiger partial charge < -0.3 is 9.15 Å². The normalized spacial score (nSPS) is 11.4. The maximum atomic E-state index is 12.4. The summed E-state index contributed by atoms with van der Waals surface area (Å²) in [7, 11) is 0. The fourth-order valence-corrected chi connectivity index (χ4v) is 3.37. The number of hydrogen-bond donors (Lipinski definition) is 0. The summed E-state index contributed by atoms with van der Waals surface area (Å²) in [6.07, 6.45) is 9.35. The molecule has 0 atom stereocenters. The average Bonchev–Trinajstić information content (AvgIpc) is 2.71. The molecule has 0 saturated heterocycles. The predicted octanol–water partition coefficient (Wildman–Crippen LogP) is 6.32. The molecule has 146 valence electrons. The molecule has 3 nitrogen and oxygen atoms in total. The zero-order valence-electron chi connectivity index (χ0n) is 16.7. The van der Waals surface area contributed by atoms with Crippen LogP contribution in [0.5, 0.6) is 5.75 Å². The van der Waals surface area contributed by atoms with Gasteiger partial charge in [-0.25, -0.2) is 4.79 Å². The standard InChI is InChI=1S/C25H28O3/c1-3-4-5-9-14-23-19(2)22-16-15-21(18-24(22)28-25(23)26)27-17-10-13-20-11-7-6-8-12-20/h6-8,10-13,15-16,18H,3-5,9,14,17H2,1-2H3. The minimum Gasteiger partial charge on any atom is -0.489 e. The van der Waals surface area contributed by atoms with Crippen LogP contribution in [0.1, 0.15) is 49.3 Å². The molecule has 3 aromatic rings. The molecule has 1 heterocycles. The second kappa shape index (κ2) is 9.93. The van der Waals surface area contributed by atoms with Gasteiger partial charge in [-0.15, -0.1) is 0 Å². The third-order valence-electron chi connectivity index (χ3n) is 5.00. The lowest BCUT2D eigenvalue weighted by molar-refractivity contribution is 0.363. The number of benzene rings is 2. The van der Waals surface area contributed by atoms with Crippen molar-refractivity contribution in [1.82, 2.24) is 0 Å². The molecule has 3 heteroatoms. The van der Waals surface area contributed by atoms with Crippen LogP contribution in [0, 0.1) is 6.92 Å². The van der Waals surface area contributed by atoms with E-state index in [0.717, 1.165) is 41.3 Å². The van der Waals surface area contributed by atoms with E-state index in [1.165, 1.54) is 12.8 Å². The summed E-state index contributed by atoms with van der Waals surface area (Å²) in [5.74, 6) is 0.698. The highest BCUT2D eigenvalue weighted by molar-refractivity contribution is 5.82. The maximum Gasteiger partial charge on any atom is 0.339 e. The molecule has 0 aliphatic heterocycles. The van der Waals surface area contributed by atoms with E-state index in [0.29, 0.717) is 17.9 Å². The van der Waals surface area contributed by atoms with Crippen molar-refractivity contribution in [1.29, 1.82) is 0 Å². The summed E-state index contributed by atoms with van der Waals surface area (Å²) >= 11 is 0. The molecule has 28 heavy (non-hydrogen) atoms. The lowest BCUT2D eigenvalue weighted by Gasteiger charge is -2.09. The van der Waals surface area contributed by atoms with Crippen LogP contribution in [-0.2, 0) is 6.42 Å². The van der Waals surface area contributed by atoms with Crippen molar-refractivity contribution in [2.45, 2.75) is 46.0 Å². The van der Waals surface area contributed by atoms with Crippen LogP contribution in [0.4, 0.5) is 0 Å². The van der Waals surface area contributed by atoms with Crippen LogP contribution in [-0.4, -0.2) is 6.61 Å². The summed E-state index contributed by atoms with van der Waals surface area (Å²) in [4.78, 5) is 12.4. The Bertz CT molecular complexity index is 984. The quantitative estimate of drug-likeness (QED) is 0.324. The van der Waals surface area contributed by atoms with Gasteiger partial charge in [0.2, 0.25) is 0 Å². The van der Waals surface area contributed by atoms with Gasteiger partial charge in [-0.2, -0.15) is 0 Å². The van der Waals surface area contributed by atoms with Gasteiger partial charge >= 0.3 is 5.63 Å². The number of aryl methyl sites for hydroxylation is 1. The lowest BCUT2D eigenvalue weighted by Crippen LogP contribution is -2.10. The van der Waals surface area contributed by atoms with Crippen molar-refractivity contribution in [3.8, 4) is 5.75 Å². The van der Waals surface area contributed by atoms with Crippen molar-refractivity contribution >= 4 is 17.0 Å². The smallest absolute Gasteiger partial charge is 0.339 e. The second-order valence-electron chi connectivity index (χ2n) is 7.09. The Morgan fingerprint density at radius 3 is 2.64 bits per heavy atom. The summed E-state index contributed by atoms with van der Waals surface area (Å²) < 4.78 is 11.4. The zero-order valence-corrected chi connectivity index (χ0v) is 16.7. The summed E-state index contributed by atoms with van der Waals surface area (Å²) in [5, 5.41) is 0.984. The molecule has 0 N–H and O–H groups in total. The number of ether oxygens (including phenoxy) is 1. The Hall–Kier alpha value is -2.81. The Morgan fingerprint density at radius 1 is 1.04 bits per heavy atom. The Labute approximate surface area is 166 Å². The Balaban J connectivity index is 1.69. The molecule has 0 spiro atoms. The largest absolute Gasteiger partial charge is 0.489 e. The zero-order chi connectivity index (χ0) is 19.8. The van der Waals surface area contributed by atoms with E-state index in [-0.39, 0.29) is 5.63 Å². The molecular formula is C25H28O3. The first kappa shape index (κ1) is 19.9. The van der Waals surface area contributed by atoms with Gasteiger partial charge in [0.1, 0.15) is 17.9 Å². The van der Waals surface area contributed by atoms with Gasteiger partial charge in [-0.1, -0.05) is 62.6 Å². The predicted molar refractivity (Wildman–Crippen MR) is 116 cm³/mol. The van der Waals surface area contributed by atoms with Crippen LogP contribution >= 0.6 is 0 Å². The topological polar surface area (TPSA) is 39.4 Å². The van der Waals surface area contributed by atoms with Gasteiger partial charge in [0.25, 0.3) is 0 Å². The number of hydrogen-bond acceptors (Lipinski definition) is 3. The summed E-state index contributed by atoms with van der Waals surface area (Å²) in [5.41, 5.74) is 3.34. The molecule has 0 aliphatic rings. The highest BCUT2D eigenvalue weighted by atomic mass is 16.5. The molecule has 0 saturated carbocycles. The SMILES string of the molecule is CCCCCCc1c(C)c2ccc(OCC=Cc3ccccc3)cc2oc1=O. The van der Waals surface area contributed by atoms with E-state index in [1.54, 1.807) is 6.07 Å². The fourth-order valence-electron chi connectivity index (χ4n) is 3.37. The van der Waals surface area contributed by atoms with Crippen LogP contribution < -0.4 is 10.4 Å². The minimum absolute atomic E-state index is 0.220. The average molecular weight is 376 g/mol. The molecule has 0 bridgehead atoms. The van der Waals surface area contributed by atoms with Gasteiger partial charge in [-0.05, 0) is 49.1 Å². The van der Waals surface area contributed by atoms with Crippen LogP contribution in [0.15, 0.2) is 63.8 Å². The Kier molecular flexibility index (Phi) is 7.07. The molecule has 0 fully saturated rings. The van der Waals surface area contributed by atoms with Crippen LogP contribution in [0.25, 0.3) is 17.0 Å². The van der Waals surface area contributed by atoms with Gasteiger partial charge in [0.05, 0.1) is 0 Å². The van der Waals surface area contributed by atoms with Crippen molar-refractivity contribution in [3.63, 3.8) is 0 Å². The molecular weight excluding hydrogens is 348 g/mol. The lowest BCUT2D eigenvalue weighted by atomic mass is 10.0. The van der Waals surface area contributed by atoms with E-state index < -0.39 is 0 Å². The van der Waals surface area contributed by atoms with Crippen molar-refractivity contribution in [3.05, 3.63) is 81.7 Å². The van der Waals surface area contributed by atoms with Gasteiger partial charge in [0, 0.05) is 17.0 Å². The number of rotatable bonds is 9. The highest BCUT2D eigenvalue weighted by Gasteiger charge is 2.11. The third-order valence-corrected chi connectivity index (χ3v) is 5.00. The van der Waals surface area contributed by atoms with Crippen molar-refractivity contribution < 1.29 is 9.15 Å². The van der Waals surface area contributed by atoms with Gasteiger partial charge in [-0.3, -0.25) is 0 Å². The molecule has 2 aromatic carbocycles. The van der Waals surface area contributed by atoms with E-state index in [4.69, 9.17) is 9.15 Å². The first-order chi connectivity index (χ1) is 13.7. The first-order valence-corrected chi connectivity index (χ1v) is 10.1. The van der Waals surface area contributed by atoms with E-state index in [2.05, 4.69) is 6.92 Å². The molecule has 3 rings (SSSR count). The molecule has 0 radical (unpaired) electrons. The highest BCUT2D eigenvalue weighted by Crippen LogP contribution is 2.25. The first-order valence-electron chi connectivity index (χ1n) is 10.1. The van der Waals surface area contributed by atoms with Crippen LogP contribution in [0.2, 0.25) is 0 Å². The number of unbranched alkanes of at least 4 members (excludes halogenated alkanes) is 3. The van der Waals surface area contributed by atoms with Crippen LogP contribution in [0.3, 0.4) is 0 Å². The molecule has 1 aromatic heterocycles. The van der Waals surface area contributed by atoms with Crippen molar-refractivity contribution in [2.24, 2.45) is 0 Å². The van der Waals surface area contributed by atoms with E-state index in [1.807, 2.05) is 61.5 Å². The second-order valence-corrected chi connectivity index (χ2v) is 7.09. The molecule has 0 unspecified atom stereocenters. The minimum atomic E-state index is -0.220. The van der Waals surface area contributed by atoms with E-state index >= 15 is 0 Å². The monoisotopic (exact) mass is 376 g/mol. The summed E-state index contributed by atoms with van der Waals surface area (Å²) in [6.45, 7) is 4.66. The maximum absolute atomic E-state index is 12.4. The molecule has 0 aliphatic carbocycles. The third kappa shape index (κ3) is 5.13. The Morgan fingerprint density at radius 2 is 1.86 bits per heavy atom. The summed E-state index contributed by atoms with van der Waals surface area (Å²) in [6, 6.07) is 15.8. The van der Waals surface area contributed by atoms with E-state index in [9.17, 15) is 4.79 Å². The number of fused-ring (bicyclic) bond motifs is 1. The van der Waals surface area contributed by atoms with Crippen molar-refractivity contribution in [2.75, 3.05) is 6.61 Å². The molecule has 0 amide bonds. The van der Waals surface area contributed by atoms with Gasteiger partial charge in [0.15, 0.2) is 0 Å².